The van der Waals surface area contributed by atoms with Gasteiger partial charge < -0.3 is 20.1 Å². The minimum Gasteiger partial charge on any atom is -0.462 e. The zero-order valence-corrected chi connectivity index (χ0v) is 34.6. The quantitative estimate of drug-likeness (QED) is 0.0271. The fourth-order valence-corrected chi connectivity index (χ4v) is 6.28. The predicted octanol–water partition coefficient (Wildman–Crippen LogP) is 11.9. The molecule has 0 aromatic rings. The van der Waals surface area contributed by atoms with Crippen LogP contribution in [0.2, 0.25) is 0 Å². The summed E-state index contributed by atoms with van der Waals surface area (Å²) in [5.41, 5.74) is 5.34. The summed E-state index contributed by atoms with van der Waals surface area (Å²) < 4.78 is 32.7. The third-order valence-corrected chi connectivity index (χ3v) is 9.67. The van der Waals surface area contributed by atoms with E-state index in [4.69, 9.17) is 24.3 Å². The maximum absolute atomic E-state index is 12.5. The van der Waals surface area contributed by atoms with Gasteiger partial charge in [0.15, 0.2) is 6.10 Å². The van der Waals surface area contributed by atoms with Crippen molar-refractivity contribution >= 4 is 19.8 Å². The van der Waals surface area contributed by atoms with Crippen molar-refractivity contribution < 1.29 is 37.6 Å². The van der Waals surface area contributed by atoms with Crippen LogP contribution in [0, 0.1) is 0 Å². The van der Waals surface area contributed by atoms with Gasteiger partial charge in [-0.05, 0) is 77.0 Å². The number of carbonyl (C=O) groups is 2. The standard InChI is InChI=1S/C43H78NO8P/c1-3-5-7-9-11-13-15-17-19-20-22-23-25-27-29-31-33-35-42(45)49-39-41(40-51-53(47,48)50-38-37-44)52-43(46)36-34-32-30-28-26-24-21-18-16-14-12-10-8-6-4-2/h11,13,17,19,22-23,26,28,41H,3-10,12,14-16,18,20-21,24-25,27,29-40,44H2,1-2H3,(H,47,48)/b13-11+,19-17+,23-22+,28-26+/t41-/m1/s1. The normalized spacial score (nSPS) is 13.8. The van der Waals surface area contributed by atoms with E-state index >= 15 is 0 Å². The molecular formula is C43H78NO8P. The lowest BCUT2D eigenvalue weighted by Crippen LogP contribution is -2.29. The van der Waals surface area contributed by atoms with Crippen molar-refractivity contribution in [3.05, 3.63) is 48.6 Å². The minimum absolute atomic E-state index is 0.0459. The minimum atomic E-state index is -4.39. The monoisotopic (exact) mass is 768 g/mol. The van der Waals surface area contributed by atoms with Crippen LogP contribution in [0.25, 0.3) is 0 Å². The Morgan fingerprint density at radius 2 is 0.981 bits per heavy atom. The molecule has 308 valence electrons. The van der Waals surface area contributed by atoms with Crippen LogP contribution >= 0.6 is 7.82 Å². The molecule has 0 aliphatic heterocycles. The van der Waals surface area contributed by atoms with Gasteiger partial charge in [-0.1, -0.05) is 140 Å². The van der Waals surface area contributed by atoms with Gasteiger partial charge in [-0.25, -0.2) is 4.57 Å². The smallest absolute Gasteiger partial charge is 0.462 e. The van der Waals surface area contributed by atoms with Gasteiger partial charge in [-0.2, -0.15) is 0 Å². The Kier molecular flexibility index (Phi) is 38.1. The average Bonchev–Trinajstić information content (AvgIpc) is 3.14. The average molecular weight is 768 g/mol. The number of esters is 2. The van der Waals surface area contributed by atoms with Crippen LogP contribution in [0.5, 0.6) is 0 Å². The van der Waals surface area contributed by atoms with E-state index in [0.29, 0.717) is 12.8 Å². The summed E-state index contributed by atoms with van der Waals surface area (Å²) in [6.45, 7) is 3.65. The van der Waals surface area contributed by atoms with Crippen LogP contribution in [-0.4, -0.2) is 49.3 Å². The number of rotatable bonds is 39. The maximum atomic E-state index is 12.5. The van der Waals surface area contributed by atoms with E-state index in [2.05, 4.69) is 62.5 Å². The highest BCUT2D eigenvalue weighted by molar-refractivity contribution is 7.47. The molecule has 0 saturated heterocycles. The topological polar surface area (TPSA) is 134 Å². The number of hydrogen-bond donors (Lipinski definition) is 2. The van der Waals surface area contributed by atoms with Gasteiger partial charge >= 0.3 is 19.8 Å². The number of ether oxygens (including phenoxy) is 2. The molecule has 0 spiro atoms. The van der Waals surface area contributed by atoms with E-state index in [1.54, 1.807) is 0 Å². The van der Waals surface area contributed by atoms with E-state index in [-0.39, 0.29) is 32.6 Å². The van der Waals surface area contributed by atoms with E-state index in [1.165, 1.54) is 83.5 Å². The molecular weight excluding hydrogens is 689 g/mol. The van der Waals surface area contributed by atoms with Crippen molar-refractivity contribution in [3.63, 3.8) is 0 Å². The number of hydrogen-bond acceptors (Lipinski definition) is 8. The summed E-state index contributed by atoms with van der Waals surface area (Å²) in [7, 11) is -4.39. The number of nitrogens with two attached hydrogens (primary N) is 1. The molecule has 0 fully saturated rings. The van der Waals surface area contributed by atoms with Crippen molar-refractivity contribution in [2.45, 2.75) is 187 Å². The molecule has 3 N–H and O–H groups in total. The van der Waals surface area contributed by atoms with Gasteiger partial charge in [-0.3, -0.25) is 18.6 Å². The molecule has 0 heterocycles. The van der Waals surface area contributed by atoms with Gasteiger partial charge in [-0.15, -0.1) is 0 Å². The van der Waals surface area contributed by atoms with Crippen LogP contribution in [0.4, 0.5) is 0 Å². The molecule has 0 radical (unpaired) electrons. The second-order valence-electron chi connectivity index (χ2n) is 13.8. The molecule has 0 aromatic heterocycles. The van der Waals surface area contributed by atoms with Gasteiger partial charge in [0, 0.05) is 19.4 Å². The number of carbonyl (C=O) groups excluding carboxylic acids is 2. The van der Waals surface area contributed by atoms with Crippen molar-refractivity contribution in [2.24, 2.45) is 5.73 Å². The maximum Gasteiger partial charge on any atom is 0.472 e. The van der Waals surface area contributed by atoms with Gasteiger partial charge in [0.25, 0.3) is 0 Å². The molecule has 0 rings (SSSR count). The first-order chi connectivity index (χ1) is 25.8. The molecule has 1 unspecified atom stereocenters. The Labute approximate surface area is 324 Å². The molecule has 53 heavy (non-hydrogen) atoms. The molecule has 0 saturated carbocycles. The Hall–Kier alpha value is -2.03. The third-order valence-electron chi connectivity index (χ3n) is 8.69. The lowest BCUT2D eigenvalue weighted by molar-refractivity contribution is -0.161. The van der Waals surface area contributed by atoms with Crippen LogP contribution in [0.15, 0.2) is 48.6 Å². The lowest BCUT2D eigenvalue weighted by atomic mass is 10.1. The van der Waals surface area contributed by atoms with Crippen molar-refractivity contribution in [1.82, 2.24) is 0 Å². The highest BCUT2D eigenvalue weighted by Gasteiger charge is 2.25. The first kappa shape index (κ1) is 51.0. The predicted molar refractivity (Wildman–Crippen MR) is 220 cm³/mol. The molecule has 0 aliphatic rings. The van der Waals surface area contributed by atoms with Crippen LogP contribution in [0.1, 0.15) is 181 Å². The molecule has 0 aromatic carbocycles. The largest absolute Gasteiger partial charge is 0.472 e. The van der Waals surface area contributed by atoms with Crippen LogP contribution in [0.3, 0.4) is 0 Å². The first-order valence-corrected chi connectivity index (χ1v) is 22.6. The van der Waals surface area contributed by atoms with Gasteiger partial charge in [0.1, 0.15) is 6.61 Å². The summed E-state index contributed by atoms with van der Waals surface area (Å²) >= 11 is 0. The highest BCUT2D eigenvalue weighted by Crippen LogP contribution is 2.43. The molecule has 9 nitrogen and oxygen atoms in total. The first-order valence-electron chi connectivity index (χ1n) is 21.1. The Morgan fingerprint density at radius 3 is 1.55 bits per heavy atom. The second-order valence-corrected chi connectivity index (χ2v) is 15.3. The Bertz CT molecular complexity index is 1010. The van der Waals surface area contributed by atoms with E-state index < -0.39 is 32.5 Å². The number of phosphoric ester groups is 1. The SMILES string of the molecule is CCCCC/C=C/C/C=C/C/C=C/CCCCCCC(=O)OC[C@H](COP(=O)(O)OCCN)OC(=O)CCCC/C=C/CCCCCCCCCCC. The number of allylic oxidation sites excluding steroid dienone is 8. The zero-order chi connectivity index (χ0) is 38.9. The summed E-state index contributed by atoms with van der Waals surface area (Å²) in [4.78, 5) is 34.8. The fraction of sp³-hybridized carbons (Fsp3) is 0.767. The summed E-state index contributed by atoms with van der Waals surface area (Å²) in [5.74, 6) is -0.881. The fourth-order valence-electron chi connectivity index (χ4n) is 5.52. The molecule has 0 amide bonds. The summed E-state index contributed by atoms with van der Waals surface area (Å²) in [6, 6.07) is 0. The number of phosphoric acid groups is 1. The summed E-state index contributed by atoms with van der Waals surface area (Å²) in [5, 5.41) is 0. The summed E-state index contributed by atoms with van der Waals surface area (Å²) in [6.07, 6.45) is 44.3. The second kappa shape index (κ2) is 39.7. The van der Waals surface area contributed by atoms with Crippen LogP contribution in [-0.2, 0) is 32.7 Å². The molecule has 0 bridgehead atoms. The van der Waals surface area contributed by atoms with Crippen molar-refractivity contribution in [3.8, 4) is 0 Å². The highest BCUT2D eigenvalue weighted by atomic mass is 31.2. The van der Waals surface area contributed by atoms with E-state index in [0.717, 1.165) is 57.8 Å². The molecule has 0 aliphatic carbocycles. The van der Waals surface area contributed by atoms with Crippen molar-refractivity contribution in [2.75, 3.05) is 26.4 Å². The third kappa shape index (κ3) is 39.5. The van der Waals surface area contributed by atoms with Crippen molar-refractivity contribution in [1.29, 1.82) is 0 Å². The zero-order valence-electron chi connectivity index (χ0n) is 33.7. The van der Waals surface area contributed by atoms with E-state index in [9.17, 15) is 19.0 Å². The molecule has 10 heteroatoms. The van der Waals surface area contributed by atoms with E-state index in [1.807, 2.05) is 0 Å². The van der Waals surface area contributed by atoms with Gasteiger partial charge in [0.05, 0.1) is 13.2 Å². The van der Waals surface area contributed by atoms with Gasteiger partial charge in [0.2, 0.25) is 0 Å². The Balaban J connectivity index is 4.25. The Morgan fingerprint density at radius 1 is 0.566 bits per heavy atom. The number of unbranched alkanes of at least 4 members (excludes halogenated alkanes) is 18. The van der Waals surface area contributed by atoms with Crippen LogP contribution < -0.4 is 5.73 Å². The molecule has 2 atom stereocenters. The lowest BCUT2D eigenvalue weighted by Gasteiger charge is -2.19.